The summed E-state index contributed by atoms with van der Waals surface area (Å²) in [5.74, 6) is -3.09. The molecule has 0 aliphatic heterocycles. The van der Waals surface area contributed by atoms with Crippen LogP contribution in [-0.2, 0) is 20.2 Å². The number of azo groups is 1. The lowest BCUT2D eigenvalue weighted by atomic mass is 10.1. The molecule has 0 fully saturated rings. The van der Waals surface area contributed by atoms with Crippen LogP contribution in [-0.4, -0.2) is 67.6 Å². The number of carboxylic acids is 1. The molecule has 0 unspecified atom stereocenters. The van der Waals surface area contributed by atoms with E-state index in [1.165, 1.54) is 6.92 Å². The number of hydrogen-bond acceptors (Lipinski definition) is 13. The first-order valence-corrected chi connectivity index (χ1v) is 14.1. The number of rotatable bonds is 9. The first-order chi connectivity index (χ1) is 16.7. The Balaban J connectivity index is 2.03. The van der Waals surface area contributed by atoms with Crippen molar-refractivity contribution >= 4 is 60.3 Å². The van der Waals surface area contributed by atoms with Gasteiger partial charge in [0.2, 0.25) is 16.2 Å². The highest BCUT2D eigenvalue weighted by molar-refractivity contribution is 8.00. The molecular formula is C17H15N5O10S4. The highest BCUT2D eigenvalue weighted by Crippen LogP contribution is 2.30. The van der Waals surface area contributed by atoms with Gasteiger partial charge in [-0.3, -0.25) is 13.9 Å². The fourth-order valence-corrected chi connectivity index (χ4v) is 5.55. The third-order valence-corrected chi connectivity index (χ3v) is 7.79. The zero-order valence-electron chi connectivity index (χ0n) is 17.8. The van der Waals surface area contributed by atoms with Gasteiger partial charge >= 0.3 is 5.97 Å². The highest BCUT2D eigenvalue weighted by Gasteiger charge is 2.25. The number of benzene rings is 1. The largest absolute Gasteiger partial charge is 0.494 e. The molecule has 3 aromatic rings. The van der Waals surface area contributed by atoms with E-state index in [4.69, 9.17) is 9.11 Å². The summed E-state index contributed by atoms with van der Waals surface area (Å²) in [6, 6.07) is 4.01. The van der Waals surface area contributed by atoms with Crippen LogP contribution in [0.2, 0.25) is 0 Å². The van der Waals surface area contributed by atoms with Gasteiger partial charge in [0, 0.05) is 22.8 Å². The van der Waals surface area contributed by atoms with Gasteiger partial charge < -0.3 is 10.2 Å². The third-order valence-electron chi connectivity index (χ3n) is 4.38. The number of carbonyl (C=O) groups is 1. The van der Waals surface area contributed by atoms with Crippen molar-refractivity contribution in [1.29, 1.82) is 0 Å². The zero-order chi connectivity index (χ0) is 26.8. The number of carboxylic acid groups (broad SMARTS) is 1. The average Bonchev–Trinajstić information content (AvgIpc) is 3.19. The summed E-state index contributed by atoms with van der Waals surface area (Å²) in [6.07, 6.45) is 0. The molecular weight excluding hydrogens is 562 g/mol. The van der Waals surface area contributed by atoms with Crippen LogP contribution in [0.3, 0.4) is 0 Å². The normalized spacial score (nSPS) is 12.3. The van der Waals surface area contributed by atoms with E-state index < -0.39 is 59.5 Å². The van der Waals surface area contributed by atoms with E-state index in [0.29, 0.717) is 4.57 Å². The topological polar surface area (TPSA) is 239 Å². The standard InChI is InChI=1S/C17H15N5O10S4/c1-8-11(15(25)26)13(23)22(9-2-4-10(5-3-9)36(30,31)32)14(24)12(8)19-20-16-18-17(21-34-16)33-6-7-35(27,28)29/h2-5,23H,6-7H2,1H3,(H,25,26)(H,27,28,29)(H,30,31,32). The van der Waals surface area contributed by atoms with E-state index in [9.17, 15) is 36.6 Å². The molecule has 0 saturated carbocycles. The van der Waals surface area contributed by atoms with Crippen LogP contribution in [0.5, 0.6) is 5.88 Å². The smallest absolute Gasteiger partial charge is 0.341 e. The summed E-state index contributed by atoms with van der Waals surface area (Å²) in [5.41, 5.74) is -2.48. The minimum atomic E-state index is -4.54. The fourth-order valence-electron chi connectivity index (χ4n) is 2.77. The van der Waals surface area contributed by atoms with E-state index in [1.807, 2.05) is 0 Å². The van der Waals surface area contributed by atoms with Crippen LogP contribution in [0, 0.1) is 6.92 Å². The Labute approximate surface area is 210 Å². The first kappa shape index (κ1) is 27.4. The van der Waals surface area contributed by atoms with Gasteiger partial charge in [-0.2, -0.15) is 26.2 Å². The number of thioether (sulfide) groups is 1. The molecule has 0 bridgehead atoms. The molecule has 0 aliphatic rings. The monoisotopic (exact) mass is 577 g/mol. The highest BCUT2D eigenvalue weighted by atomic mass is 32.2. The van der Waals surface area contributed by atoms with Gasteiger partial charge in [0.15, 0.2) is 5.69 Å². The maximum Gasteiger partial charge on any atom is 0.341 e. The SMILES string of the molecule is Cc1c(C(=O)O)c(O)n(-c2ccc(S(=O)(=O)O)cc2)c(=O)c1N=Nc1nc(SCCS(=O)(=O)O)ns1. The second kappa shape index (κ2) is 10.4. The van der Waals surface area contributed by atoms with Gasteiger partial charge in [-0.05, 0) is 31.2 Å². The number of hydrogen-bond donors (Lipinski definition) is 4. The molecule has 0 saturated heterocycles. The molecule has 1 aromatic carbocycles. The van der Waals surface area contributed by atoms with Gasteiger partial charge in [0.25, 0.3) is 25.8 Å². The predicted molar refractivity (Wildman–Crippen MR) is 126 cm³/mol. The summed E-state index contributed by atoms with van der Waals surface area (Å²) < 4.78 is 66.5. The number of nitrogens with zero attached hydrogens (tertiary/aromatic N) is 5. The van der Waals surface area contributed by atoms with Crippen LogP contribution in [0.1, 0.15) is 15.9 Å². The number of aromatic carboxylic acids is 1. The minimum Gasteiger partial charge on any atom is -0.494 e. The van der Waals surface area contributed by atoms with Crippen LogP contribution in [0.25, 0.3) is 5.69 Å². The van der Waals surface area contributed by atoms with Crippen molar-refractivity contribution in [2.75, 3.05) is 11.5 Å². The van der Waals surface area contributed by atoms with Crippen molar-refractivity contribution in [3.63, 3.8) is 0 Å². The van der Waals surface area contributed by atoms with Gasteiger partial charge in [-0.15, -0.1) is 10.2 Å². The molecule has 2 heterocycles. The molecule has 15 nitrogen and oxygen atoms in total. The number of aromatic hydroxyl groups is 1. The zero-order valence-corrected chi connectivity index (χ0v) is 21.1. The van der Waals surface area contributed by atoms with Gasteiger partial charge in [-0.25, -0.2) is 9.36 Å². The average molecular weight is 578 g/mol. The van der Waals surface area contributed by atoms with Crippen molar-refractivity contribution in [1.82, 2.24) is 13.9 Å². The second-order valence-corrected chi connectivity index (χ2v) is 11.6. The Morgan fingerprint density at radius 2 is 1.78 bits per heavy atom. The molecule has 192 valence electrons. The molecule has 2 aromatic heterocycles. The van der Waals surface area contributed by atoms with E-state index in [-0.39, 0.29) is 27.3 Å². The first-order valence-electron chi connectivity index (χ1n) is 9.32. The maximum absolute atomic E-state index is 13.1. The van der Waals surface area contributed by atoms with Crippen LogP contribution >= 0.6 is 23.3 Å². The third kappa shape index (κ3) is 6.30. The summed E-state index contributed by atoms with van der Waals surface area (Å²) in [7, 11) is -8.70. The summed E-state index contributed by atoms with van der Waals surface area (Å²) >= 11 is 1.66. The van der Waals surface area contributed by atoms with E-state index in [2.05, 4.69) is 19.6 Å². The molecule has 0 spiro atoms. The fraction of sp³-hybridized carbons (Fsp3) is 0.176. The van der Waals surface area contributed by atoms with Crippen LogP contribution in [0.4, 0.5) is 10.8 Å². The van der Waals surface area contributed by atoms with E-state index >= 15 is 0 Å². The lowest BCUT2D eigenvalue weighted by molar-refractivity contribution is 0.0691. The molecule has 36 heavy (non-hydrogen) atoms. The van der Waals surface area contributed by atoms with Gasteiger partial charge in [0.05, 0.1) is 16.3 Å². The summed E-state index contributed by atoms with van der Waals surface area (Å²) in [6.45, 7) is 1.22. The van der Waals surface area contributed by atoms with Crippen molar-refractivity contribution in [3.05, 3.63) is 45.7 Å². The number of aromatic nitrogens is 3. The summed E-state index contributed by atoms with van der Waals surface area (Å²) in [4.78, 5) is 28.4. The second-order valence-electron chi connectivity index (χ2n) is 6.78. The van der Waals surface area contributed by atoms with Crippen molar-refractivity contribution in [2.24, 2.45) is 10.2 Å². The molecule has 19 heteroatoms. The van der Waals surface area contributed by atoms with Gasteiger partial charge in [0.1, 0.15) is 5.56 Å². The van der Waals surface area contributed by atoms with Crippen molar-refractivity contribution in [2.45, 2.75) is 17.0 Å². The predicted octanol–water partition coefficient (Wildman–Crippen LogP) is 2.04. The van der Waals surface area contributed by atoms with Gasteiger partial charge in [-0.1, -0.05) is 11.8 Å². The molecule has 3 rings (SSSR count). The molecule has 4 N–H and O–H groups in total. The Bertz CT molecular complexity index is 1630. The maximum atomic E-state index is 13.1. The molecule has 0 radical (unpaired) electrons. The Morgan fingerprint density at radius 1 is 1.14 bits per heavy atom. The van der Waals surface area contributed by atoms with Crippen LogP contribution in [0.15, 0.2) is 49.3 Å². The lowest BCUT2D eigenvalue weighted by Gasteiger charge is -2.14. The quantitative estimate of drug-likeness (QED) is 0.162. The number of pyridine rings is 1. The molecule has 0 amide bonds. The van der Waals surface area contributed by atoms with Crippen molar-refractivity contribution < 1.29 is 40.9 Å². The molecule has 0 aliphatic carbocycles. The molecule has 0 atom stereocenters. The summed E-state index contributed by atoms with van der Waals surface area (Å²) in [5, 5.41) is 27.7. The van der Waals surface area contributed by atoms with Crippen LogP contribution < -0.4 is 5.56 Å². The lowest BCUT2D eigenvalue weighted by Crippen LogP contribution is -2.22. The minimum absolute atomic E-state index is 0.0354. The van der Waals surface area contributed by atoms with E-state index in [1.54, 1.807) is 0 Å². The van der Waals surface area contributed by atoms with Crippen molar-refractivity contribution in [3.8, 4) is 11.6 Å². The Kier molecular flexibility index (Phi) is 7.91. The van der Waals surface area contributed by atoms with E-state index in [0.717, 1.165) is 47.6 Å². The Hall–Kier alpha value is -3.23. The Morgan fingerprint density at radius 3 is 2.33 bits per heavy atom.